The zero-order valence-electron chi connectivity index (χ0n) is 9.35. The third-order valence-corrected chi connectivity index (χ3v) is 3.10. The van der Waals surface area contributed by atoms with Gasteiger partial charge in [-0.05, 0) is 23.8 Å². The number of benzene rings is 1. The molecule has 2 aromatic rings. The molecule has 0 bridgehead atoms. The predicted molar refractivity (Wildman–Crippen MR) is 65.2 cm³/mol. The van der Waals surface area contributed by atoms with Crippen LogP contribution in [-0.2, 0) is 5.41 Å². The molecule has 0 aliphatic heterocycles. The maximum Gasteiger partial charge on any atom is 0.0702 e. The monoisotopic (exact) mass is 216 g/mol. The van der Waals surface area contributed by atoms with Gasteiger partial charge in [0.1, 0.15) is 0 Å². The first-order valence-electron chi connectivity index (χ1n) is 5.36. The standard InChI is InChI=1S/C13H16N2O/c1-13(8-14,9-16)11-4-5-12-10(7-11)3-2-6-15-12/h2-7,16H,8-9,14H2,1H3. The Morgan fingerprint density at radius 3 is 2.88 bits per heavy atom. The molecule has 1 heterocycles. The average Bonchev–Trinajstić information content (AvgIpc) is 2.37. The molecule has 0 aliphatic rings. The maximum absolute atomic E-state index is 9.42. The number of rotatable bonds is 3. The second-order valence-corrected chi connectivity index (χ2v) is 4.33. The molecule has 1 atom stereocenters. The van der Waals surface area contributed by atoms with Gasteiger partial charge in [-0.2, -0.15) is 0 Å². The van der Waals surface area contributed by atoms with Crippen LogP contribution in [0, 0.1) is 0 Å². The number of aromatic nitrogens is 1. The quantitative estimate of drug-likeness (QED) is 0.816. The molecule has 0 aliphatic carbocycles. The fourth-order valence-corrected chi connectivity index (χ4v) is 1.72. The van der Waals surface area contributed by atoms with Crippen molar-refractivity contribution in [1.29, 1.82) is 0 Å². The Labute approximate surface area is 94.9 Å². The lowest BCUT2D eigenvalue weighted by molar-refractivity contribution is 0.210. The fraction of sp³-hybridized carbons (Fsp3) is 0.308. The van der Waals surface area contributed by atoms with Crippen LogP contribution in [0.1, 0.15) is 12.5 Å². The van der Waals surface area contributed by atoms with Gasteiger partial charge in [-0.25, -0.2) is 0 Å². The van der Waals surface area contributed by atoms with Crippen molar-refractivity contribution in [1.82, 2.24) is 4.98 Å². The molecular weight excluding hydrogens is 200 g/mol. The molecule has 3 N–H and O–H groups in total. The largest absolute Gasteiger partial charge is 0.395 e. The van der Waals surface area contributed by atoms with E-state index < -0.39 is 0 Å². The minimum atomic E-state index is -0.371. The van der Waals surface area contributed by atoms with Gasteiger partial charge in [0, 0.05) is 23.5 Å². The summed E-state index contributed by atoms with van der Waals surface area (Å²) >= 11 is 0. The normalized spacial score (nSPS) is 14.9. The number of aliphatic hydroxyl groups is 1. The molecule has 0 radical (unpaired) electrons. The molecule has 84 valence electrons. The summed E-state index contributed by atoms with van der Waals surface area (Å²) in [6.45, 7) is 2.44. The highest BCUT2D eigenvalue weighted by Gasteiger charge is 2.24. The zero-order chi connectivity index (χ0) is 11.6. The van der Waals surface area contributed by atoms with E-state index in [1.807, 2.05) is 37.3 Å². The number of hydrogen-bond donors (Lipinski definition) is 2. The third kappa shape index (κ3) is 1.79. The Kier molecular flexibility index (Phi) is 2.90. The number of hydrogen-bond acceptors (Lipinski definition) is 3. The molecule has 3 nitrogen and oxygen atoms in total. The van der Waals surface area contributed by atoms with Crippen molar-refractivity contribution in [3.8, 4) is 0 Å². The highest BCUT2D eigenvalue weighted by atomic mass is 16.3. The summed E-state index contributed by atoms with van der Waals surface area (Å²) < 4.78 is 0. The van der Waals surface area contributed by atoms with Crippen LogP contribution in [0.3, 0.4) is 0 Å². The molecule has 2 rings (SSSR count). The molecule has 16 heavy (non-hydrogen) atoms. The Morgan fingerprint density at radius 2 is 2.19 bits per heavy atom. The summed E-state index contributed by atoms with van der Waals surface area (Å²) in [7, 11) is 0. The summed E-state index contributed by atoms with van der Waals surface area (Å²) in [4.78, 5) is 4.26. The van der Waals surface area contributed by atoms with Crippen LogP contribution in [-0.4, -0.2) is 23.2 Å². The number of aliphatic hydroxyl groups excluding tert-OH is 1. The van der Waals surface area contributed by atoms with E-state index in [0.717, 1.165) is 16.5 Å². The van der Waals surface area contributed by atoms with Crippen molar-refractivity contribution < 1.29 is 5.11 Å². The van der Waals surface area contributed by atoms with Gasteiger partial charge < -0.3 is 10.8 Å². The van der Waals surface area contributed by atoms with Crippen LogP contribution in [0.5, 0.6) is 0 Å². The smallest absolute Gasteiger partial charge is 0.0702 e. The Hall–Kier alpha value is -1.45. The number of fused-ring (bicyclic) bond motifs is 1. The van der Waals surface area contributed by atoms with Crippen molar-refractivity contribution >= 4 is 10.9 Å². The minimum Gasteiger partial charge on any atom is -0.395 e. The SMILES string of the molecule is CC(CN)(CO)c1ccc2ncccc2c1. The van der Waals surface area contributed by atoms with Crippen LogP contribution in [0.25, 0.3) is 10.9 Å². The molecule has 1 unspecified atom stereocenters. The number of nitrogens with two attached hydrogens (primary N) is 1. The van der Waals surface area contributed by atoms with Crippen LogP contribution >= 0.6 is 0 Å². The first-order valence-corrected chi connectivity index (χ1v) is 5.36. The van der Waals surface area contributed by atoms with E-state index in [9.17, 15) is 5.11 Å². The first kappa shape index (κ1) is 11.0. The van der Waals surface area contributed by atoms with Crippen molar-refractivity contribution in [3.05, 3.63) is 42.1 Å². The van der Waals surface area contributed by atoms with Crippen LogP contribution in [0.2, 0.25) is 0 Å². The topological polar surface area (TPSA) is 59.1 Å². The van der Waals surface area contributed by atoms with Gasteiger partial charge in [0.05, 0.1) is 12.1 Å². The van der Waals surface area contributed by atoms with E-state index in [1.165, 1.54) is 0 Å². The summed E-state index contributed by atoms with van der Waals surface area (Å²) in [5, 5.41) is 10.5. The zero-order valence-corrected chi connectivity index (χ0v) is 9.35. The van der Waals surface area contributed by atoms with Crippen LogP contribution < -0.4 is 5.73 Å². The van der Waals surface area contributed by atoms with Gasteiger partial charge in [-0.15, -0.1) is 0 Å². The summed E-state index contributed by atoms with van der Waals surface area (Å²) in [5.74, 6) is 0. The third-order valence-electron chi connectivity index (χ3n) is 3.10. The molecule has 3 heteroatoms. The van der Waals surface area contributed by atoms with Gasteiger partial charge in [0.2, 0.25) is 0 Å². The number of pyridine rings is 1. The predicted octanol–water partition coefficient (Wildman–Crippen LogP) is 1.44. The van der Waals surface area contributed by atoms with E-state index >= 15 is 0 Å². The first-order chi connectivity index (χ1) is 7.69. The lowest BCUT2D eigenvalue weighted by Gasteiger charge is -2.26. The lowest BCUT2D eigenvalue weighted by Crippen LogP contribution is -2.35. The van der Waals surface area contributed by atoms with E-state index in [4.69, 9.17) is 5.73 Å². The molecule has 0 amide bonds. The molecular formula is C13H16N2O. The number of nitrogens with zero attached hydrogens (tertiary/aromatic N) is 1. The molecule has 0 spiro atoms. The minimum absolute atomic E-state index is 0.0509. The summed E-state index contributed by atoms with van der Waals surface area (Å²) in [6.07, 6.45) is 1.77. The maximum atomic E-state index is 9.42. The van der Waals surface area contributed by atoms with Crippen molar-refractivity contribution in [3.63, 3.8) is 0 Å². The van der Waals surface area contributed by atoms with Crippen molar-refractivity contribution in [2.45, 2.75) is 12.3 Å². The average molecular weight is 216 g/mol. The van der Waals surface area contributed by atoms with E-state index in [0.29, 0.717) is 6.54 Å². The van der Waals surface area contributed by atoms with Crippen molar-refractivity contribution in [2.24, 2.45) is 5.73 Å². The Morgan fingerprint density at radius 1 is 1.38 bits per heavy atom. The highest BCUT2D eigenvalue weighted by Crippen LogP contribution is 2.25. The molecule has 0 saturated heterocycles. The van der Waals surface area contributed by atoms with E-state index in [1.54, 1.807) is 6.20 Å². The Balaban J connectivity index is 2.54. The van der Waals surface area contributed by atoms with Crippen LogP contribution in [0.4, 0.5) is 0 Å². The lowest BCUT2D eigenvalue weighted by atomic mass is 9.83. The van der Waals surface area contributed by atoms with E-state index in [-0.39, 0.29) is 12.0 Å². The molecule has 1 aromatic carbocycles. The van der Waals surface area contributed by atoms with Gasteiger partial charge in [0.25, 0.3) is 0 Å². The van der Waals surface area contributed by atoms with Crippen molar-refractivity contribution in [2.75, 3.05) is 13.2 Å². The van der Waals surface area contributed by atoms with Gasteiger partial charge in [-0.3, -0.25) is 4.98 Å². The highest BCUT2D eigenvalue weighted by molar-refractivity contribution is 5.79. The Bertz CT molecular complexity index is 492. The molecule has 1 aromatic heterocycles. The van der Waals surface area contributed by atoms with Gasteiger partial charge in [-0.1, -0.05) is 19.1 Å². The second kappa shape index (κ2) is 4.20. The summed E-state index contributed by atoms with van der Waals surface area (Å²) in [6, 6.07) is 9.92. The van der Waals surface area contributed by atoms with Gasteiger partial charge >= 0.3 is 0 Å². The molecule has 0 fully saturated rings. The van der Waals surface area contributed by atoms with Crippen LogP contribution in [0.15, 0.2) is 36.5 Å². The summed E-state index contributed by atoms with van der Waals surface area (Å²) in [5.41, 5.74) is 7.36. The van der Waals surface area contributed by atoms with Gasteiger partial charge in [0.15, 0.2) is 0 Å². The fourth-order valence-electron chi connectivity index (χ4n) is 1.72. The second-order valence-electron chi connectivity index (χ2n) is 4.33. The van der Waals surface area contributed by atoms with E-state index in [2.05, 4.69) is 4.98 Å². The molecule has 0 saturated carbocycles.